The predicted octanol–water partition coefficient (Wildman–Crippen LogP) is 1.03. The highest BCUT2D eigenvalue weighted by Crippen LogP contribution is 2.24. The summed E-state index contributed by atoms with van der Waals surface area (Å²) in [5.74, 6) is -0.984. The van der Waals surface area contributed by atoms with E-state index < -0.39 is 42.8 Å². The quantitative estimate of drug-likeness (QED) is 0.441. The molecule has 6 atom stereocenters. The summed E-state index contributed by atoms with van der Waals surface area (Å²) in [5, 5.41) is 38.4. The predicted molar refractivity (Wildman–Crippen MR) is 82.9 cm³/mol. The molecule has 0 aliphatic carbocycles. The molecule has 0 spiro atoms. The highest BCUT2D eigenvalue weighted by molar-refractivity contribution is 5.67. The maximum atomic E-state index is 11.0. The lowest BCUT2D eigenvalue weighted by Gasteiger charge is -2.40. The van der Waals surface area contributed by atoms with Crippen molar-refractivity contribution in [1.82, 2.24) is 0 Å². The lowest BCUT2D eigenvalue weighted by molar-refractivity contribution is -0.304. The summed E-state index contributed by atoms with van der Waals surface area (Å²) in [6, 6.07) is 0. The van der Waals surface area contributed by atoms with Crippen LogP contribution in [0.25, 0.3) is 0 Å². The smallest absolute Gasteiger partial charge is 0.305 e. The topological polar surface area (TPSA) is 116 Å². The van der Waals surface area contributed by atoms with Gasteiger partial charge >= 0.3 is 5.97 Å². The average molecular weight is 334 g/mol. The third-order valence-electron chi connectivity index (χ3n) is 4.17. The van der Waals surface area contributed by atoms with Gasteiger partial charge in [-0.1, -0.05) is 39.0 Å². The molecular weight excluding hydrogens is 304 g/mol. The van der Waals surface area contributed by atoms with Crippen molar-refractivity contribution < 1.29 is 34.7 Å². The SMILES string of the molecule is CCCCCCCC(CC(=O)O)O[C@@H]1OC(C)[C@H](O)[C@H](O)C1O. The van der Waals surface area contributed by atoms with Gasteiger partial charge in [-0.15, -0.1) is 0 Å². The van der Waals surface area contributed by atoms with Gasteiger partial charge in [0.25, 0.3) is 0 Å². The fourth-order valence-electron chi connectivity index (χ4n) is 2.70. The first-order valence-electron chi connectivity index (χ1n) is 8.43. The van der Waals surface area contributed by atoms with Gasteiger partial charge in [-0.25, -0.2) is 0 Å². The highest BCUT2D eigenvalue weighted by Gasteiger charge is 2.43. The Morgan fingerprint density at radius 2 is 1.74 bits per heavy atom. The molecule has 23 heavy (non-hydrogen) atoms. The Morgan fingerprint density at radius 3 is 2.35 bits per heavy atom. The summed E-state index contributed by atoms with van der Waals surface area (Å²) in [6.07, 6.45) is -0.829. The average Bonchev–Trinajstić information content (AvgIpc) is 2.49. The molecule has 0 amide bonds. The van der Waals surface area contributed by atoms with Crippen LogP contribution in [-0.4, -0.2) is 63.2 Å². The maximum absolute atomic E-state index is 11.0. The van der Waals surface area contributed by atoms with E-state index in [9.17, 15) is 20.1 Å². The van der Waals surface area contributed by atoms with Crippen LogP contribution in [-0.2, 0) is 14.3 Å². The number of rotatable bonds is 10. The lowest BCUT2D eigenvalue weighted by Crippen LogP contribution is -2.58. The number of aliphatic carboxylic acids is 1. The molecule has 1 fully saturated rings. The summed E-state index contributed by atoms with van der Waals surface area (Å²) in [5.41, 5.74) is 0. The Hall–Kier alpha value is -0.730. The van der Waals surface area contributed by atoms with Crippen molar-refractivity contribution in [1.29, 1.82) is 0 Å². The molecule has 4 N–H and O–H groups in total. The molecule has 0 aromatic rings. The minimum atomic E-state index is -1.41. The Balaban J connectivity index is 2.52. The normalized spacial score (nSPS) is 32.7. The van der Waals surface area contributed by atoms with E-state index in [2.05, 4.69) is 6.92 Å². The van der Waals surface area contributed by atoms with Crippen LogP contribution in [0.5, 0.6) is 0 Å². The minimum Gasteiger partial charge on any atom is -0.481 e. The van der Waals surface area contributed by atoms with E-state index in [1.54, 1.807) is 6.92 Å². The van der Waals surface area contributed by atoms with Crippen LogP contribution in [0.1, 0.15) is 58.8 Å². The molecule has 136 valence electrons. The zero-order valence-corrected chi connectivity index (χ0v) is 13.9. The number of aliphatic hydroxyl groups is 3. The van der Waals surface area contributed by atoms with Gasteiger partial charge < -0.3 is 29.9 Å². The van der Waals surface area contributed by atoms with Gasteiger partial charge in [0, 0.05) is 0 Å². The summed E-state index contributed by atoms with van der Waals surface area (Å²) >= 11 is 0. The number of carboxylic acids is 1. The second-order valence-electron chi connectivity index (χ2n) is 6.24. The fraction of sp³-hybridized carbons (Fsp3) is 0.938. The van der Waals surface area contributed by atoms with Gasteiger partial charge in [-0.2, -0.15) is 0 Å². The molecule has 0 aromatic heterocycles. The summed E-state index contributed by atoms with van der Waals surface area (Å²) in [7, 11) is 0. The van der Waals surface area contributed by atoms with Gasteiger partial charge in [-0.05, 0) is 13.3 Å². The Bertz CT molecular complexity index is 349. The molecule has 1 heterocycles. The number of hydrogen-bond acceptors (Lipinski definition) is 6. The first kappa shape index (κ1) is 20.3. The van der Waals surface area contributed by atoms with Gasteiger partial charge in [0.05, 0.1) is 18.6 Å². The summed E-state index contributed by atoms with van der Waals surface area (Å²) < 4.78 is 10.9. The third kappa shape index (κ3) is 6.73. The monoisotopic (exact) mass is 334 g/mol. The van der Waals surface area contributed by atoms with Crippen molar-refractivity contribution in [3.63, 3.8) is 0 Å². The van der Waals surface area contributed by atoms with Gasteiger partial charge in [0.2, 0.25) is 0 Å². The first-order valence-corrected chi connectivity index (χ1v) is 8.43. The van der Waals surface area contributed by atoms with Gasteiger partial charge in [0.1, 0.15) is 18.3 Å². The van der Waals surface area contributed by atoms with E-state index >= 15 is 0 Å². The zero-order valence-electron chi connectivity index (χ0n) is 13.9. The van der Waals surface area contributed by atoms with E-state index in [-0.39, 0.29) is 6.42 Å². The van der Waals surface area contributed by atoms with Crippen LogP contribution in [0.4, 0.5) is 0 Å². The van der Waals surface area contributed by atoms with Crippen LogP contribution in [0, 0.1) is 0 Å². The largest absolute Gasteiger partial charge is 0.481 e. The van der Waals surface area contributed by atoms with Crippen LogP contribution < -0.4 is 0 Å². The number of carboxylic acid groups (broad SMARTS) is 1. The minimum absolute atomic E-state index is 0.187. The van der Waals surface area contributed by atoms with Crippen LogP contribution in [0.15, 0.2) is 0 Å². The molecule has 7 heteroatoms. The van der Waals surface area contributed by atoms with Crippen LogP contribution in [0.3, 0.4) is 0 Å². The number of ether oxygens (including phenoxy) is 2. The molecule has 0 bridgehead atoms. The molecule has 1 rings (SSSR count). The standard InChI is InChI=1S/C16H30O7/c1-3-4-5-6-7-8-11(9-12(17)18)23-16-15(21)14(20)13(19)10(2)22-16/h10-11,13-16,19-21H,3-9H2,1-2H3,(H,17,18)/t10?,11?,13-,14-,15?,16-/m0/s1. The Morgan fingerprint density at radius 1 is 1.09 bits per heavy atom. The fourth-order valence-corrected chi connectivity index (χ4v) is 2.70. The third-order valence-corrected chi connectivity index (χ3v) is 4.17. The van der Waals surface area contributed by atoms with Crippen LogP contribution >= 0.6 is 0 Å². The van der Waals surface area contributed by atoms with Crippen molar-refractivity contribution in [3.8, 4) is 0 Å². The molecule has 0 saturated carbocycles. The van der Waals surface area contributed by atoms with Crippen molar-refractivity contribution in [2.75, 3.05) is 0 Å². The Labute approximate surface area is 137 Å². The van der Waals surface area contributed by atoms with E-state index in [0.29, 0.717) is 6.42 Å². The van der Waals surface area contributed by atoms with E-state index in [1.165, 1.54) is 0 Å². The van der Waals surface area contributed by atoms with Crippen molar-refractivity contribution in [2.24, 2.45) is 0 Å². The van der Waals surface area contributed by atoms with Crippen molar-refractivity contribution in [3.05, 3.63) is 0 Å². The number of unbranched alkanes of at least 4 members (excludes halogenated alkanes) is 4. The molecule has 0 radical (unpaired) electrons. The Kier molecular flexibility index (Phi) is 9.01. The van der Waals surface area contributed by atoms with Gasteiger partial charge in [-0.3, -0.25) is 4.79 Å². The van der Waals surface area contributed by atoms with E-state index in [4.69, 9.17) is 14.6 Å². The number of carbonyl (C=O) groups is 1. The molecule has 1 saturated heterocycles. The van der Waals surface area contributed by atoms with Gasteiger partial charge in [0.15, 0.2) is 6.29 Å². The first-order chi connectivity index (χ1) is 10.9. The van der Waals surface area contributed by atoms with E-state index in [0.717, 1.165) is 32.1 Å². The zero-order chi connectivity index (χ0) is 17.4. The number of hydrogen-bond donors (Lipinski definition) is 4. The molecular formula is C16H30O7. The molecule has 7 nitrogen and oxygen atoms in total. The molecule has 1 aliphatic heterocycles. The summed E-state index contributed by atoms with van der Waals surface area (Å²) in [6.45, 7) is 3.69. The second kappa shape index (κ2) is 10.2. The maximum Gasteiger partial charge on any atom is 0.305 e. The molecule has 3 unspecified atom stereocenters. The van der Waals surface area contributed by atoms with Crippen molar-refractivity contribution >= 4 is 5.97 Å². The summed E-state index contributed by atoms with van der Waals surface area (Å²) in [4.78, 5) is 11.0. The highest BCUT2D eigenvalue weighted by atomic mass is 16.7. The van der Waals surface area contributed by atoms with Crippen molar-refractivity contribution in [2.45, 2.75) is 95.6 Å². The number of aliphatic hydroxyl groups excluding tert-OH is 3. The van der Waals surface area contributed by atoms with Crippen LogP contribution in [0.2, 0.25) is 0 Å². The van der Waals surface area contributed by atoms with E-state index in [1.807, 2.05) is 0 Å². The lowest BCUT2D eigenvalue weighted by atomic mass is 9.99. The molecule has 0 aromatic carbocycles. The second-order valence-corrected chi connectivity index (χ2v) is 6.24. The molecule has 1 aliphatic rings.